The van der Waals surface area contributed by atoms with E-state index >= 15 is 0 Å². The molecule has 1 aromatic rings. The minimum Gasteiger partial charge on any atom is -0.379 e. The molecule has 2 aliphatic rings. The summed E-state index contributed by atoms with van der Waals surface area (Å²) in [4.78, 5) is 19.4. The van der Waals surface area contributed by atoms with Crippen molar-refractivity contribution in [1.82, 2.24) is 9.80 Å². The van der Waals surface area contributed by atoms with Crippen LogP contribution in [-0.2, 0) is 9.53 Å². The number of thiocarbonyl (C=S) groups is 1. The van der Waals surface area contributed by atoms with Crippen LogP contribution in [0.3, 0.4) is 0 Å². The highest BCUT2D eigenvalue weighted by Crippen LogP contribution is 2.32. The summed E-state index contributed by atoms with van der Waals surface area (Å²) in [6.45, 7) is 4.84. The predicted molar refractivity (Wildman–Crippen MR) is 108 cm³/mol. The minimum atomic E-state index is 0.0138. The van der Waals surface area contributed by atoms with E-state index in [1.807, 2.05) is 44.4 Å². The van der Waals surface area contributed by atoms with Crippen LogP contribution < -0.4 is 4.90 Å². The van der Waals surface area contributed by atoms with Gasteiger partial charge in [0.25, 0.3) is 5.91 Å². The molecule has 0 unspecified atom stereocenters. The van der Waals surface area contributed by atoms with E-state index in [1.54, 1.807) is 4.90 Å². The first-order valence-corrected chi connectivity index (χ1v) is 9.60. The lowest BCUT2D eigenvalue weighted by molar-refractivity contribution is -0.122. The molecule has 0 spiro atoms. The summed E-state index contributed by atoms with van der Waals surface area (Å²) in [7, 11) is 4.02. The molecule has 0 aromatic heterocycles. The SMILES string of the molecule is CN(C)c1ccc(/C=C2\SC(=S)N(CCN3CCOCC3)C2=O)cc1. The largest absolute Gasteiger partial charge is 0.379 e. The Morgan fingerprint density at radius 1 is 1.20 bits per heavy atom. The quantitative estimate of drug-likeness (QED) is 0.579. The molecule has 134 valence electrons. The molecule has 0 N–H and O–H groups in total. The summed E-state index contributed by atoms with van der Waals surface area (Å²) in [6.07, 6.45) is 1.92. The molecule has 5 nitrogen and oxygen atoms in total. The van der Waals surface area contributed by atoms with Crippen molar-refractivity contribution in [3.63, 3.8) is 0 Å². The summed E-state index contributed by atoms with van der Waals surface area (Å²) in [5, 5.41) is 0. The van der Waals surface area contributed by atoms with Gasteiger partial charge in [0.15, 0.2) is 0 Å². The number of hydrogen-bond donors (Lipinski definition) is 0. The Kier molecular flexibility index (Phi) is 6.11. The second-order valence-electron chi connectivity index (χ2n) is 6.27. The van der Waals surface area contributed by atoms with Crippen molar-refractivity contribution in [2.45, 2.75) is 0 Å². The molecule has 2 aliphatic heterocycles. The molecule has 0 saturated carbocycles. The number of rotatable bonds is 5. The van der Waals surface area contributed by atoms with Crippen LogP contribution in [0.4, 0.5) is 5.69 Å². The zero-order valence-corrected chi connectivity index (χ0v) is 16.2. The van der Waals surface area contributed by atoms with Gasteiger partial charge in [-0.1, -0.05) is 36.1 Å². The molecular weight excluding hydrogens is 354 g/mol. The smallest absolute Gasteiger partial charge is 0.266 e. The average Bonchev–Trinajstić information content (AvgIpc) is 2.88. The monoisotopic (exact) mass is 377 g/mol. The maximum absolute atomic E-state index is 12.7. The van der Waals surface area contributed by atoms with E-state index in [9.17, 15) is 4.79 Å². The number of amides is 1. The van der Waals surface area contributed by atoms with Gasteiger partial charge in [0.1, 0.15) is 4.32 Å². The number of hydrogen-bond acceptors (Lipinski definition) is 6. The lowest BCUT2D eigenvalue weighted by atomic mass is 10.2. The van der Waals surface area contributed by atoms with Gasteiger partial charge in [-0.15, -0.1) is 0 Å². The Bertz CT molecular complexity index is 667. The second-order valence-corrected chi connectivity index (χ2v) is 7.95. The third-order valence-corrected chi connectivity index (χ3v) is 5.70. The number of nitrogens with zero attached hydrogens (tertiary/aromatic N) is 3. The Labute approximate surface area is 158 Å². The summed E-state index contributed by atoms with van der Waals surface area (Å²) >= 11 is 6.80. The van der Waals surface area contributed by atoms with Crippen molar-refractivity contribution in [2.75, 3.05) is 58.4 Å². The molecule has 0 bridgehead atoms. The summed E-state index contributed by atoms with van der Waals surface area (Å²) in [5.41, 5.74) is 2.15. The van der Waals surface area contributed by atoms with Gasteiger partial charge < -0.3 is 9.64 Å². The highest BCUT2D eigenvalue weighted by molar-refractivity contribution is 8.26. The number of carbonyl (C=O) groups is 1. The topological polar surface area (TPSA) is 36.0 Å². The first-order valence-electron chi connectivity index (χ1n) is 8.37. The fourth-order valence-electron chi connectivity index (χ4n) is 2.78. The third-order valence-electron chi connectivity index (χ3n) is 4.32. The van der Waals surface area contributed by atoms with Gasteiger partial charge >= 0.3 is 0 Å². The molecule has 0 radical (unpaired) electrons. The number of carbonyl (C=O) groups excluding carboxylic acids is 1. The van der Waals surface area contributed by atoms with Crippen molar-refractivity contribution in [3.05, 3.63) is 34.7 Å². The fraction of sp³-hybridized carbons (Fsp3) is 0.444. The standard InChI is InChI=1S/C18H23N3O2S2/c1-19(2)15-5-3-14(4-6-15)13-16-17(22)21(18(24)25-16)8-7-20-9-11-23-12-10-20/h3-6,13H,7-12H2,1-2H3/b16-13-. The van der Waals surface area contributed by atoms with Gasteiger partial charge in [-0.25, -0.2) is 0 Å². The highest BCUT2D eigenvalue weighted by atomic mass is 32.2. The zero-order chi connectivity index (χ0) is 17.8. The Balaban J connectivity index is 1.63. The van der Waals surface area contributed by atoms with Gasteiger partial charge in [0.05, 0.1) is 18.1 Å². The van der Waals surface area contributed by atoms with Crippen LogP contribution in [0.25, 0.3) is 6.08 Å². The zero-order valence-electron chi connectivity index (χ0n) is 14.6. The Hall–Kier alpha value is -1.41. The number of benzene rings is 1. The first-order chi connectivity index (χ1) is 12.0. The van der Waals surface area contributed by atoms with Crippen LogP contribution in [0.2, 0.25) is 0 Å². The number of morpholine rings is 1. The number of anilines is 1. The predicted octanol–water partition coefficient (Wildman–Crippen LogP) is 2.29. The highest BCUT2D eigenvalue weighted by Gasteiger charge is 2.32. The van der Waals surface area contributed by atoms with Gasteiger partial charge in [-0.3, -0.25) is 14.6 Å². The maximum atomic E-state index is 12.7. The molecule has 2 saturated heterocycles. The van der Waals surface area contributed by atoms with Gasteiger partial charge in [0.2, 0.25) is 0 Å². The molecule has 3 rings (SSSR count). The summed E-state index contributed by atoms with van der Waals surface area (Å²) in [5.74, 6) is 0.0138. The first kappa shape index (κ1) is 18.4. The van der Waals surface area contributed by atoms with E-state index in [2.05, 4.69) is 9.80 Å². The number of thioether (sulfide) groups is 1. The normalized spacial score (nSPS) is 20.6. The van der Waals surface area contributed by atoms with Crippen molar-refractivity contribution in [2.24, 2.45) is 0 Å². The van der Waals surface area contributed by atoms with Crippen LogP contribution in [0.15, 0.2) is 29.2 Å². The van der Waals surface area contributed by atoms with Crippen molar-refractivity contribution < 1.29 is 9.53 Å². The van der Waals surface area contributed by atoms with Crippen molar-refractivity contribution >= 4 is 46.0 Å². The van der Waals surface area contributed by atoms with E-state index in [0.717, 1.165) is 44.1 Å². The van der Waals surface area contributed by atoms with Crippen LogP contribution in [0, 0.1) is 0 Å². The van der Waals surface area contributed by atoms with E-state index in [4.69, 9.17) is 17.0 Å². The molecule has 1 amide bonds. The summed E-state index contributed by atoms with van der Waals surface area (Å²) in [6, 6.07) is 8.14. The lowest BCUT2D eigenvalue weighted by Gasteiger charge is -2.28. The lowest BCUT2D eigenvalue weighted by Crippen LogP contribution is -2.42. The summed E-state index contributed by atoms with van der Waals surface area (Å²) < 4.78 is 6.00. The fourth-order valence-corrected chi connectivity index (χ4v) is 4.09. The van der Waals surface area contributed by atoms with Crippen LogP contribution >= 0.6 is 24.0 Å². The van der Waals surface area contributed by atoms with Crippen LogP contribution in [0.5, 0.6) is 0 Å². The van der Waals surface area contributed by atoms with E-state index in [1.165, 1.54) is 11.8 Å². The van der Waals surface area contributed by atoms with E-state index in [-0.39, 0.29) is 5.91 Å². The van der Waals surface area contributed by atoms with Crippen molar-refractivity contribution in [3.8, 4) is 0 Å². The van der Waals surface area contributed by atoms with Crippen LogP contribution in [-0.4, -0.2) is 73.5 Å². The van der Waals surface area contributed by atoms with E-state index < -0.39 is 0 Å². The van der Waals surface area contributed by atoms with Crippen LogP contribution in [0.1, 0.15) is 5.56 Å². The average molecular weight is 378 g/mol. The van der Waals surface area contributed by atoms with Crippen molar-refractivity contribution in [1.29, 1.82) is 0 Å². The van der Waals surface area contributed by atoms with Gasteiger partial charge in [-0.05, 0) is 23.8 Å². The molecule has 2 fully saturated rings. The second kappa shape index (κ2) is 8.31. The number of ether oxygens (including phenoxy) is 1. The molecule has 1 aromatic carbocycles. The molecule has 25 heavy (non-hydrogen) atoms. The Morgan fingerprint density at radius 3 is 2.52 bits per heavy atom. The Morgan fingerprint density at radius 2 is 1.88 bits per heavy atom. The molecule has 0 atom stereocenters. The molecular formula is C18H23N3O2S2. The molecule has 2 heterocycles. The van der Waals surface area contributed by atoms with Gasteiger partial charge in [0, 0.05) is 46.0 Å². The van der Waals surface area contributed by atoms with Gasteiger partial charge in [-0.2, -0.15) is 0 Å². The minimum absolute atomic E-state index is 0.0138. The molecule has 7 heteroatoms. The maximum Gasteiger partial charge on any atom is 0.266 e. The third kappa shape index (κ3) is 4.61. The van der Waals surface area contributed by atoms with E-state index in [0.29, 0.717) is 15.8 Å². The molecule has 0 aliphatic carbocycles.